The molecule has 0 radical (unpaired) electrons. The summed E-state index contributed by atoms with van der Waals surface area (Å²) in [6.07, 6.45) is 0. The van der Waals surface area contributed by atoms with Crippen molar-refractivity contribution in [2.75, 3.05) is 13.6 Å². The average molecular weight is 221 g/mol. The molecule has 0 aliphatic carbocycles. The van der Waals surface area contributed by atoms with E-state index in [1.807, 2.05) is 38.1 Å². The van der Waals surface area contributed by atoms with E-state index >= 15 is 0 Å². The summed E-state index contributed by atoms with van der Waals surface area (Å²) in [6, 6.07) is 8.03. The van der Waals surface area contributed by atoms with Gasteiger partial charge in [-0.05, 0) is 19.4 Å². The fourth-order valence-corrected chi connectivity index (χ4v) is 1.38. The predicted octanol–water partition coefficient (Wildman–Crippen LogP) is 1.66. The van der Waals surface area contributed by atoms with Crippen LogP contribution in [0.25, 0.3) is 0 Å². The maximum atomic E-state index is 11.6. The maximum absolute atomic E-state index is 11.6. The van der Waals surface area contributed by atoms with Crippen LogP contribution in [0.5, 0.6) is 0 Å². The topological polar surface area (TPSA) is 44.4 Å². The van der Waals surface area contributed by atoms with Crippen LogP contribution in [0.4, 0.5) is 4.79 Å². The van der Waals surface area contributed by atoms with Gasteiger partial charge in [0.1, 0.15) is 0 Å². The van der Waals surface area contributed by atoms with E-state index in [4.69, 9.17) is 0 Å². The Balaban J connectivity index is 2.62. The average Bonchev–Trinajstić information content (AvgIpc) is 2.28. The Morgan fingerprint density at radius 2 is 1.94 bits per heavy atom. The van der Waals surface area contributed by atoms with Crippen LogP contribution >= 0.6 is 0 Å². The van der Waals surface area contributed by atoms with Gasteiger partial charge in [-0.3, -0.25) is 5.01 Å². The highest BCUT2D eigenvalue weighted by molar-refractivity contribution is 5.73. The van der Waals surface area contributed by atoms with Crippen molar-refractivity contribution in [2.24, 2.45) is 0 Å². The molecule has 0 aliphatic rings. The SMILES string of the molecule is CCNC(=O)N(Cc1ccc(C)cc1)NC. The van der Waals surface area contributed by atoms with Crippen LogP contribution in [-0.4, -0.2) is 24.6 Å². The zero-order chi connectivity index (χ0) is 12.0. The van der Waals surface area contributed by atoms with E-state index in [1.54, 1.807) is 12.1 Å². The molecule has 16 heavy (non-hydrogen) atoms. The molecule has 0 heterocycles. The molecule has 0 spiro atoms. The van der Waals surface area contributed by atoms with Crippen LogP contribution in [0.1, 0.15) is 18.1 Å². The van der Waals surface area contributed by atoms with Gasteiger partial charge in [0, 0.05) is 13.6 Å². The van der Waals surface area contributed by atoms with Gasteiger partial charge < -0.3 is 5.32 Å². The summed E-state index contributed by atoms with van der Waals surface area (Å²) in [5.74, 6) is 0. The van der Waals surface area contributed by atoms with Crippen molar-refractivity contribution in [2.45, 2.75) is 20.4 Å². The van der Waals surface area contributed by atoms with Gasteiger partial charge in [0.05, 0.1) is 6.54 Å². The monoisotopic (exact) mass is 221 g/mol. The Kier molecular flexibility index (Phi) is 4.79. The fourth-order valence-electron chi connectivity index (χ4n) is 1.38. The van der Waals surface area contributed by atoms with Crippen molar-refractivity contribution in [1.82, 2.24) is 15.8 Å². The Bertz CT molecular complexity index is 335. The maximum Gasteiger partial charge on any atom is 0.332 e. The van der Waals surface area contributed by atoms with Gasteiger partial charge in [0.2, 0.25) is 0 Å². The Labute approximate surface area is 96.6 Å². The summed E-state index contributed by atoms with van der Waals surface area (Å²) in [4.78, 5) is 11.6. The van der Waals surface area contributed by atoms with Crippen LogP contribution in [-0.2, 0) is 6.54 Å². The summed E-state index contributed by atoms with van der Waals surface area (Å²) in [7, 11) is 1.74. The largest absolute Gasteiger partial charge is 0.337 e. The zero-order valence-electron chi connectivity index (χ0n) is 10.1. The predicted molar refractivity (Wildman–Crippen MR) is 64.9 cm³/mol. The number of nitrogens with zero attached hydrogens (tertiary/aromatic N) is 1. The second-order valence-electron chi connectivity index (χ2n) is 3.63. The lowest BCUT2D eigenvalue weighted by Crippen LogP contribution is -2.46. The van der Waals surface area contributed by atoms with Crippen molar-refractivity contribution < 1.29 is 4.79 Å². The van der Waals surface area contributed by atoms with E-state index in [0.717, 1.165) is 5.56 Å². The number of aryl methyl sites for hydroxylation is 1. The molecule has 1 aromatic rings. The Hall–Kier alpha value is -1.55. The van der Waals surface area contributed by atoms with E-state index in [-0.39, 0.29) is 6.03 Å². The number of urea groups is 1. The van der Waals surface area contributed by atoms with Crippen LogP contribution < -0.4 is 10.7 Å². The quantitative estimate of drug-likeness (QED) is 0.759. The van der Waals surface area contributed by atoms with Gasteiger partial charge >= 0.3 is 6.03 Å². The van der Waals surface area contributed by atoms with Crippen molar-refractivity contribution in [3.8, 4) is 0 Å². The molecule has 0 aliphatic heterocycles. The van der Waals surface area contributed by atoms with E-state index in [2.05, 4.69) is 10.7 Å². The molecule has 1 aromatic carbocycles. The highest BCUT2D eigenvalue weighted by Crippen LogP contribution is 2.05. The minimum Gasteiger partial charge on any atom is -0.337 e. The molecule has 0 aromatic heterocycles. The van der Waals surface area contributed by atoms with E-state index in [0.29, 0.717) is 13.1 Å². The lowest BCUT2D eigenvalue weighted by molar-refractivity contribution is 0.174. The summed E-state index contributed by atoms with van der Waals surface area (Å²) < 4.78 is 0. The molecule has 0 atom stereocenters. The third kappa shape index (κ3) is 3.55. The minimum absolute atomic E-state index is 0.106. The number of hydrogen-bond acceptors (Lipinski definition) is 2. The molecule has 1 rings (SSSR count). The number of rotatable bonds is 4. The van der Waals surface area contributed by atoms with Gasteiger partial charge in [-0.2, -0.15) is 0 Å². The van der Waals surface area contributed by atoms with Crippen molar-refractivity contribution >= 4 is 6.03 Å². The molecule has 2 N–H and O–H groups in total. The second-order valence-corrected chi connectivity index (χ2v) is 3.63. The highest BCUT2D eigenvalue weighted by atomic mass is 16.2. The third-order valence-corrected chi connectivity index (χ3v) is 2.30. The summed E-state index contributed by atoms with van der Waals surface area (Å²) in [5, 5.41) is 4.30. The Morgan fingerprint density at radius 3 is 2.44 bits per heavy atom. The fraction of sp³-hybridized carbons (Fsp3) is 0.417. The number of hydrogen-bond donors (Lipinski definition) is 2. The van der Waals surface area contributed by atoms with Crippen LogP contribution in [0.3, 0.4) is 0 Å². The van der Waals surface area contributed by atoms with Crippen LogP contribution in [0.15, 0.2) is 24.3 Å². The number of nitrogens with one attached hydrogen (secondary N) is 2. The van der Waals surface area contributed by atoms with Crippen molar-refractivity contribution in [3.05, 3.63) is 35.4 Å². The summed E-state index contributed by atoms with van der Waals surface area (Å²) in [6.45, 7) is 5.13. The molecule has 0 saturated heterocycles. The number of carbonyl (C=O) groups excluding carboxylic acids is 1. The summed E-state index contributed by atoms with van der Waals surface area (Å²) >= 11 is 0. The number of hydrazine groups is 1. The molecule has 0 fully saturated rings. The number of carbonyl (C=O) groups is 1. The van der Waals surface area contributed by atoms with E-state index in [1.165, 1.54) is 5.56 Å². The van der Waals surface area contributed by atoms with Gasteiger partial charge in [-0.15, -0.1) is 0 Å². The van der Waals surface area contributed by atoms with Crippen LogP contribution in [0, 0.1) is 6.92 Å². The molecule has 0 unspecified atom stereocenters. The molecule has 4 heteroatoms. The van der Waals surface area contributed by atoms with Crippen molar-refractivity contribution in [1.29, 1.82) is 0 Å². The molecule has 88 valence electrons. The highest BCUT2D eigenvalue weighted by Gasteiger charge is 2.10. The first kappa shape index (κ1) is 12.5. The number of amides is 2. The first-order valence-electron chi connectivity index (χ1n) is 5.45. The van der Waals surface area contributed by atoms with Gasteiger partial charge in [0.15, 0.2) is 0 Å². The Morgan fingerprint density at radius 1 is 1.31 bits per heavy atom. The lowest BCUT2D eigenvalue weighted by Gasteiger charge is -2.21. The standard InChI is InChI=1S/C12H19N3O/c1-4-14-12(16)15(13-3)9-11-7-5-10(2)6-8-11/h5-8,13H,4,9H2,1-3H3,(H,14,16). The molecule has 0 bridgehead atoms. The van der Waals surface area contributed by atoms with Gasteiger partial charge in [-0.1, -0.05) is 29.8 Å². The second kappa shape index (κ2) is 6.12. The summed E-state index contributed by atoms with van der Waals surface area (Å²) in [5.41, 5.74) is 5.19. The van der Waals surface area contributed by atoms with Gasteiger partial charge in [-0.25, -0.2) is 10.2 Å². The lowest BCUT2D eigenvalue weighted by atomic mass is 10.1. The van der Waals surface area contributed by atoms with Crippen LogP contribution in [0.2, 0.25) is 0 Å². The third-order valence-electron chi connectivity index (χ3n) is 2.30. The van der Waals surface area contributed by atoms with E-state index in [9.17, 15) is 4.79 Å². The van der Waals surface area contributed by atoms with E-state index < -0.39 is 0 Å². The minimum atomic E-state index is -0.106. The first-order chi connectivity index (χ1) is 7.67. The molecule has 4 nitrogen and oxygen atoms in total. The molecular formula is C12H19N3O. The molecule has 0 saturated carbocycles. The smallest absolute Gasteiger partial charge is 0.332 e. The number of benzene rings is 1. The zero-order valence-corrected chi connectivity index (χ0v) is 10.1. The molecule has 2 amide bonds. The normalized spacial score (nSPS) is 9.94. The molecular weight excluding hydrogens is 202 g/mol. The van der Waals surface area contributed by atoms with Gasteiger partial charge in [0.25, 0.3) is 0 Å². The first-order valence-corrected chi connectivity index (χ1v) is 5.45. The van der Waals surface area contributed by atoms with Crippen molar-refractivity contribution in [3.63, 3.8) is 0 Å².